The second-order valence-electron chi connectivity index (χ2n) is 4.24. The van der Waals surface area contributed by atoms with Crippen molar-refractivity contribution in [2.75, 3.05) is 11.9 Å². The summed E-state index contributed by atoms with van der Waals surface area (Å²) in [6.45, 7) is 1.10. The summed E-state index contributed by atoms with van der Waals surface area (Å²) in [5.74, 6) is 1.71. The Labute approximate surface area is 94.1 Å². The lowest BCUT2D eigenvalue weighted by molar-refractivity contribution is 0.889. The van der Waals surface area contributed by atoms with Crippen LogP contribution < -0.4 is 5.32 Å². The molecule has 0 radical (unpaired) electrons. The van der Waals surface area contributed by atoms with Crippen LogP contribution in [0, 0.1) is 5.92 Å². The zero-order valence-electron chi connectivity index (χ0n) is 8.98. The molecule has 3 rings (SSSR count). The van der Waals surface area contributed by atoms with Crippen molar-refractivity contribution in [3.8, 4) is 11.4 Å². The molecule has 4 nitrogen and oxygen atoms in total. The van der Waals surface area contributed by atoms with E-state index in [4.69, 9.17) is 0 Å². The predicted octanol–water partition coefficient (Wildman–Crippen LogP) is 2.29. The van der Waals surface area contributed by atoms with Crippen LogP contribution in [-0.4, -0.2) is 21.7 Å². The fourth-order valence-corrected chi connectivity index (χ4v) is 1.67. The highest BCUT2D eigenvalue weighted by Crippen LogP contribution is 2.29. The van der Waals surface area contributed by atoms with Gasteiger partial charge < -0.3 is 5.32 Å². The fourth-order valence-electron chi connectivity index (χ4n) is 1.67. The van der Waals surface area contributed by atoms with Crippen LogP contribution in [0.3, 0.4) is 0 Å². The third kappa shape index (κ3) is 2.05. The van der Waals surface area contributed by atoms with Crippen LogP contribution in [-0.2, 0) is 0 Å². The molecule has 1 aliphatic carbocycles. The zero-order valence-corrected chi connectivity index (χ0v) is 8.98. The standard InChI is InChI=1S/C12H14N4/c1-2-9(1)7-13-11-5-3-10(4-6-11)12-14-8-15-16-12/h3-6,8-9,13H,1-2,7H2,(H,14,15,16). The molecule has 0 bridgehead atoms. The number of anilines is 1. The van der Waals surface area contributed by atoms with Gasteiger partial charge in [0.1, 0.15) is 6.33 Å². The number of nitrogens with zero attached hydrogens (tertiary/aromatic N) is 2. The highest BCUT2D eigenvalue weighted by atomic mass is 15.2. The second kappa shape index (κ2) is 3.96. The molecule has 1 aromatic carbocycles. The first-order valence-electron chi connectivity index (χ1n) is 5.61. The molecule has 2 N–H and O–H groups in total. The van der Waals surface area contributed by atoms with Crippen molar-refractivity contribution < 1.29 is 0 Å². The Kier molecular flexibility index (Phi) is 2.33. The van der Waals surface area contributed by atoms with Crippen LogP contribution in [0.15, 0.2) is 30.6 Å². The van der Waals surface area contributed by atoms with E-state index in [9.17, 15) is 0 Å². The average Bonchev–Trinajstić information content (AvgIpc) is 3.00. The second-order valence-corrected chi connectivity index (χ2v) is 4.24. The summed E-state index contributed by atoms with van der Waals surface area (Å²) < 4.78 is 0. The number of rotatable bonds is 4. The molecule has 2 aromatic rings. The van der Waals surface area contributed by atoms with Gasteiger partial charge >= 0.3 is 0 Å². The van der Waals surface area contributed by atoms with Crippen molar-refractivity contribution in [1.29, 1.82) is 0 Å². The van der Waals surface area contributed by atoms with Crippen molar-refractivity contribution in [3.05, 3.63) is 30.6 Å². The Morgan fingerprint density at radius 3 is 2.69 bits per heavy atom. The Morgan fingerprint density at radius 1 is 1.25 bits per heavy atom. The molecule has 1 fully saturated rings. The third-order valence-corrected chi connectivity index (χ3v) is 2.87. The highest BCUT2D eigenvalue weighted by molar-refractivity contribution is 5.59. The maximum absolute atomic E-state index is 4.11. The highest BCUT2D eigenvalue weighted by Gasteiger charge is 2.20. The third-order valence-electron chi connectivity index (χ3n) is 2.87. The molecule has 1 saturated carbocycles. The van der Waals surface area contributed by atoms with Crippen LogP contribution in [0.2, 0.25) is 0 Å². The molecule has 0 aliphatic heterocycles. The van der Waals surface area contributed by atoms with Gasteiger partial charge in [-0.25, -0.2) is 4.98 Å². The van der Waals surface area contributed by atoms with Gasteiger partial charge in [-0.05, 0) is 43.0 Å². The van der Waals surface area contributed by atoms with Crippen LogP contribution in [0.4, 0.5) is 5.69 Å². The van der Waals surface area contributed by atoms with Gasteiger partial charge in [0.15, 0.2) is 5.82 Å². The minimum Gasteiger partial charge on any atom is -0.385 e. The summed E-state index contributed by atoms with van der Waals surface area (Å²) in [5, 5.41) is 10.1. The normalized spacial score (nSPS) is 15.0. The van der Waals surface area contributed by atoms with Gasteiger partial charge in [0.25, 0.3) is 0 Å². The molecule has 1 aromatic heterocycles. The van der Waals surface area contributed by atoms with E-state index in [2.05, 4.69) is 44.8 Å². The molecule has 0 saturated heterocycles. The van der Waals surface area contributed by atoms with E-state index >= 15 is 0 Å². The number of hydrogen-bond acceptors (Lipinski definition) is 3. The van der Waals surface area contributed by atoms with Gasteiger partial charge in [0.05, 0.1) is 0 Å². The molecule has 1 aliphatic rings. The summed E-state index contributed by atoms with van der Waals surface area (Å²) in [4.78, 5) is 4.11. The molecule has 0 spiro atoms. The van der Waals surface area contributed by atoms with E-state index in [0.29, 0.717) is 0 Å². The first-order valence-corrected chi connectivity index (χ1v) is 5.61. The fraction of sp³-hybridized carbons (Fsp3) is 0.333. The molecule has 4 heteroatoms. The van der Waals surface area contributed by atoms with E-state index in [1.165, 1.54) is 24.9 Å². The number of hydrogen-bond donors (Lipinski definition) is 2. The molecule has 82 valence electrons. The van der Waals surface area contributed by atoms with Crippen molar-refractivity contribution in [2.24, 2.45) is 5.92 Å². The average molecular weight is 214 g/mol. The maximum atomic E-state index is 4.11. The Morgan fingerprint density at radius 2 is 2.06 bits per heavy atom. The van der Waals surface area contributed by atoms with Crippen molar-refractivity contribution in [1.82, 2.24) is 15.2 Å². The number of aromatic amines is 1. The van der Waals surface area contributed by atoms with Gasteiger partial charge in [-0.3, -0.25) is 5.10 Å². The van der Waals surface area contributed by atoms with Gasteiger partial charge in [-0.2, -0.15) is 5.10 Å². The van der Waals surface area contributed by atoms with Crippen LogP contribution >= 0.6 is 0 Å². The first-order chi connectivity index (χ1) is 7.92. The smallest absolute Gasteiger partial charge is 0.155 e. The van der Waals surface area contributed by atoms with E-state index in [1.807, 2.05) is 0 Å². The largest absolute Gasteiger partial charge is 0.385 e. The number of aromatic nitrogens is 3. The summed E-state index contributed by atoms with van der Waals surface area (Å²) in [6.07, 6.45) is 4.28. The molecule has 0 amide bonds. The lowest BCUT2D eigenvalue weighted by Crippen LogP contribution is -2.02. The summed E-state index contributed by atoms with van der Waals surface area (Å²) in [7, 11) is 0. The monoisotopic (exact) mass is 214 g/mol. The first kappa shape index (κ1) is 9.39. The summed E-state index contributed by atoms with van der Waals surface area (Å²) >= 11 is 0. The zero-order chi connectivity index (χ0) is 10.8. The Balaban J connectivity index is 1.69. The van der Waals surface area contributed by atoms with E-state index < -0.39 is 0 Å². The molecule has 0 atom stereocenters. The Bertz CT molecular complexity index is 442. The number of nitrogens with one attached hydrogen (secondary N) is 2. The molecule has 0 unspecified atom stereocenters. The van der Waals surface area contributed by atoms with Gasteiger partial charge in [0, 0.05) is 17.8 Å². The maximum Gasteiger partial charge on any atom is 0.155 e. The van der Waals surface area contributed by atoms with Crippen molar-refractivity contribution in [2.45, 2.75) is 12.8 Å². The van der Waals surface area contributed by atoms with Gasteiger partial charge in [-0.15, -0.1) is 0 Å². The van der Waals surface area contributed by atoms with Crippen molar-refractivity contribution in [3.63, 3.8) is 0 Å². The van der Waals surface area contributed by atoms with E-state index in [0.717, 1.165) is 23.9 Å². The lowest BCUT2D eigenvalue weighted by atomic mass is 10.2. The molecular formula is C12H14N4. The number of benzene rings is 1. The molecule has 16 heavy (non-hydrogen) atoms. The molecular weight excluding hydrogens is 200 g/mol. The SMILES string of the molecule is c1n[nH]c(-c2ccc(NCC3CC3)cc2)n1. The minimum atomic E-state index is 0.814. The number of H-pyrrole nitrogens is 1. The van der Waals surface area contributed by atoms with Gasteiger partial charge in [-0.1, -0.05) is 0 Å². The summed E-state index contributed by atoms with van der Waals surface area (Å²) in [6, 6.07) is 8.27. The van der Waals surface area contributed by atoms with Crippen LogP contribution in [0.1, 0.15) is 12.8 Å². The van der Waals surface area contributed by atoms with Crippen LogP contribution in [0.25, 0.3) is 11.4 Å². The van der Waals surface area contributed by atoms with Crippen LogP contribution in [0.5, 0.6) is 0 Å². The van der Waals surface area contributed by atoms with E-state index in [1.54, 1.807) is 0 Å². The summed E-state index contributed by atoms with van der Waals surface area (Å²) in [5.41, 5.74) is 2.24. The predicted molar refractivity (Wildman–Crippen MR) is 63.0 cm³/mol. The lowest BCUT2D eigenvalue weighted by Gasteiger charge is -2.05. The van der Waals surface area contributed by atoms with Crippen molar-refractivity contribution >= 4 is 5.69 Å². The topological polar surface area (TPSA) is 53.6 Å². The Hall–Kier alpha value is -1.84. The van der Waals surface area contributed by atoms with Gasteiger partial charge in [0.2, 0.25) is 0 Å². The van der Waals surface area contributed by atoms with E-state index in [-0.39, 0.29) is 0 Å². The minimum absolute atomic E-state index is 0.814. The quantitative estimate of drug-likeness (QED) is 0.821. The molecule has 1 heterocycles.